The summed E-state index contributed by atoms with van der Waals surface area (Å²) in [5, 5.41) is 2.54. The molecule has 0 saturated carbocycles. The van der Waals surface area contributed by atoms with Gasteiger partial charge in [-0.05, 0) is 171 Å². The SMILES string of the molecule is CC(C)(C)c1cc(-c2ccc3c(c2)N(c2c(-c4ccccc4)cc(-c4ccccc4)cc2-c2ccccc2)c2cc(-n4c5ccc(C(C)(C)C)cc5c5cc(C(C)(C)C)ccc54)cc4c2B3c2ccc3c(c2S4)-c2ccccc2C3(c2ccccc2)c2ccccc2)cc(C(C)(C)C)c1. The molecule has 2 aliphatic heterocycles. The number of aromatic nitrogens is 1. The molecular weight excluding hydrogens is 1210 g/mol. The monoisotopic (exact) mass is 1290 g/mol. The maximum Gasteiger partial charge on any atom is 0.249 e. The third kappa shape index (κ3) is 10.1. The molecule has 0 N–H and O–H groups in total. The summed E-state index contributed by atoms with van der Waals surface area (Å²) < 4.78 is 2.61. The highest BCUT2D eigenvalue weighted by Gasteiger charge is 2.50. The number of fused-ring (bicyclic) bond motifs is 11. The largest absolute Gasteiger partial charge is 0.310 e. The average Bonchev–Trinajstić information content (AvgIpc) is 1.58. The zero-order chi connectivity index (χ0) is 68.1. The van der Waals surface area contributed by atoms with Crippen molar-refractivity contribution in [3.63, 3.8) is 0 Å². The fraction of sp³-hybridized carbons (Fsp3) is 0.179. The first-order chi connectivity index (χ1) is 47.6. The topological polar surface area (TPSA) is 8.17 Å². The Hall–Kier alpha value is -10.1. The first kappa shape index (κ1) is 62.4. The molecule has 0 amide bonds. The van der Waals surface area contributed by atoms with Crippen molar-refractivity contribution in [3.8, 4) is 61.3 Å². The molecule has 4 heteroatoms. The van der Waals surface area contributed by atoms with Crippen molar-refractivity contribution in [2.45, 2.75) is 120 Å². The van der Waals surface area contributed by atoms with E-state index in [-0.39, 0.29) is 28.4 Å². The Balaban J connectivity index is 1.04. The standard InChI is InChI=1S/C95H83BN2S/c1-91(2,3)68-43-48-82-76(56-68)77-57-69(92(4,5)6)44-49-83(77)97(82)72-58-85-88-86(59-72)99-90-81(47-45-79-87(90)73-40-28-29-41-78(73)95(79,66-36-24-16-25-37-66)67-38-26-17-27-39-67)96(88)80-46-42-63(64-50-70(93(7,8)9)55-71(51-64)94(10,11)12)54-84(80)98(85)89-74(61-32-20-14-21-33-61)52-65(60-30-18-13-19-31-60)53-75(89)62-34-22-15-23-35-62/h13-59H,1-12H3. The van der Waals surface area contributed by atoms with E-state index in [4.69, 9.17) is 0 Å². The zero-order valence-electron chi connectivity index (χ0n) is 59.0. The number of nitrogens with zero attached hydrogens (tertiary/aromatic N) is 2. The van der Waals surface area contributed by atoms with Gasteiger partial charge in [-0.1, -0.05) is 331 Å². The van der Waals surface area contributed by atoms with Gasteiger partial charge in [-0.2, -0.15) is 0 Å². The average molecular weight is 1300 g/mol. The second kappa shape index (κ2) is 23.0. The van der Waals surface area contributed by atoms with Gasteiger partial charge in [0.2, 0.25) is 6.71 Å². The molecule has 0 fully saturated rings. The van der Waals surface area contributed by atoms with Gasteiger partial charge in [-0.25, -0.2) is 0 Å². The smallest absolute Gasteiger partial charge is 0.249 e. The first-order valence-electron chi connectivity index (χ1n) is 35.4. The summed E-state index contributed by atoms with van der Waals surface area (Å²) in [5.74, 6) is 0. The molecular formula is C95H83BN2S. The molecule has 0 bridgehead atoms. The molecule has 0 radical (unpaired) electrons. The third-order valence-corrected chi connectivity index (χ3v) is 22.9. The Kier molecular flexibility index (Phi) is 14.5. The molecule has 3 heterocycles. The Morgan fingerprint density at radius 1 is 0.333 bits per heavy atom. The molecule has 1 aromatic heterocycles. The predicted molar refractivity (Wildman–Crippen MR) is 425 cm³/mol. The molecule has 482 valence electrons. The van der Waals surface area contributed by atoms with Gasteiger partial charge >= 0.3 is 0 Å². The van der Waals surface area contributed by atoms with E-state index in [2.05, 4.69) is 378 Å². The fourth-order valence-electron chi connectivity index (χ4n) is 16.5. The fourth-order valence-corrected chi connectivity index (χ4v) is 17.9. The summed E-state index contributed by atoms with van der Waals surface area (Å²) in [5.41, 5.74) is 32.5. The van der Waals surface area contributed by atoms with E-state index >= 15 is 0 Å². The van der Waals surface area contributed by atoms with Crippen LogP contribution in [0.5, 0.6) is 0 Å². The van der Waals surface area contributed by atoms with Gasteiger partial charge in [0.25, 0.3) is 0 Å². The first-order valence-corrected chi connectivity index (χ1v) is 36.2. The van der Waals surface area contributed by atoms with Crippen LogP contribution in [0.3, 0.4) is 0 Å². The molecule has 3 aliphatic rings. The lowest BCUT2D eigenvalue weighted by Gasteiger charge is -2.43. The Labute approximate surface area is 590 Å². The predicted octanol–water partition coefficient (Wildman–Crippen LogP) is 23.8. The summed E-state index contributed by atoms with van der Waals surface area (Å²) in [4.78, 5) is 5.31. The van der Waals surface area contributed by atoms with Gasteiger partial charge in [0, 0.05) is 54.3 Å². The van der Waals surface area contributed by atoms with Crippen LogP contribution in [0.2, 0.25) is 0 Å². The van der Waals surface area contributed by atoms with E-state index < -0.39 is 5.41 Å². The van der Waals surface area contributed by atoms with Gasteiger partial charge in [0.1, 0.15) is 0 Å². The Morgan fingerprint density at radius 2 is 0.808 bits per heavy atom. The van der Waals surface area contributed by atoms with E-state index in [0.29, 0.717) is 0 Å². The minimum Gasteiger partial charge on any atom is -0.310 e. The van der Waals surface area contributed by atoms with Gasteiger partial charge in [0.15, 0.2) is 0 Å². The number of benzene rings is 13. The highest BCUT2D eigenvalue weighted by atomic mass is 32.2. The molecule has 0 saturated heterocycles. The number of anilines is 3. The normalized spacial score (nSPS) is 13.9. The van der Waals surface area contributed by atoms with Crippen molar-refractivity contribution in [2.24, 2.45) is 0 Å². The van der Waals surface area contributed by atoms with Crippen LogP contribution in [-0.4, -0.2) is 11.3 Å². The van der Waals surface area contributed by atoms with Crippen LogP contribution >= 0.6 is 11.8 Å². The minimum absolute atomic E-state index is 0.0606. The van der Waals surface area contributed by atoms with Crippen molar-refractivity contribution in [1.29, 1.82) is 0 Å². The van der Waals surface area contributed by atoms with Crippen molar-refractivity contribution >= 4 is 73.7 Å². The molecule has 17 rings (SSSR count). The van der Waals surface area contributed by atoms with Crippen LogP contribution in [0.25, 0.3) is 83.1 Å². The summed E-state index contributed by atoms with van der Waals surface area (Å²) in [7, 11) is 0. The van der Waals surface area contributed by atoms with Crippen molar-refractivity contribution in [2.75, 3.05) is 4.90 Å². The summed E-state index contributed by atoms with van der Waals surface area (Å²) in [6.07, 6.45) is 0. The quantitative estimate of drug-likeness (QED) is 0.140. The maximum atomic E-state index is 2.74. The van der Waals surface area contributed by atoms with E-state index in [1.807, 2.05) is 11.8 Å². The summed E-state index contributed by atoms with van der Waals surface area (Å²) in [6.45, 7) is 28.0. The number of hydrogen-bond donors (Lipinski definition) is 0. The second-order valence-electron chi connectivity index (χ2n) is 32.1. The van der Waals surface area contributed by atoms with Crippen LogP contribution in [0, 0.1) is 0 Å². The van der Waals surface area contributed by atoms with Crippen LogP contribution in [-0.2, 0) is 27.1 Å². The van der Waals surface area contributed by atoms with E-state index in [0.717, 1.165) is 33.6 Å². The van der Waals surface area contributed by atoms with Crippen molar-refractivity contribution in [3.05, 3.63) is 330 Å². The molecule has 0 atom stereocenters. The van der Waals surface area contributed by atoms with Crippen molar-refractivity contribution in [1.82, 2.24) is 4.57 Å². The number of rotatable bonds is 8. The summed E-state index contributed by atoms with van der Waals surface area (Å²) in [6, 6.07) is 110. The van der Waals surface area contributed by atoms with Crippen LogP contribution < -0.4 is 21.3 Å². The molecule has 0 spiro atoms. The van der Waals surface area contributed by atoms with Gasteiger partial charge in [-0.15, -0.1) is 0 Å². The third-order valence-electron chi connectivity index (χ3n) is 21.7. The van der Waals surface area contributed by atoms with E-state index in [1.165, 1.54) is 137 Å². The molecule has 1 aliphatic carbocycles. The highest BCUT2D eigenvalue weighted by molar-refractivity contribution is 8.00. The second-order valence-corrected chi connectivity index (χ2v) is 33.1. The lowest BCUT2D eigenvalue weighted by atomic mass is 9.34. The van der Waals surface area contributed by atoms with E-state index in [1.54, 1.807) is 0 Å². The Morgan fingerprint density at radius 3 is 1.33 bits per heavy atom. The highest BCUT2D eigenvalue weighted by Crippen LogP contribution is 2.60. The van der Waals surface area contributed by atoms with Gasteiger partial charge in [0.05, 0.1) is 22.1 Å². The van der Waals surface area contributed by atoms with Crippen LogP contribution in [0.4, 0.5) is 17.1 Å². The zero-order valence-corrected chi connectivity index (χ0v) is 59.8. The van der Waals surface area contributed by atoms with Crippen molar-refractivity contribution < 1.29 is 0 Å². The Bertz CT molecular complexity index is 5340. The molecule has 0 unspecified atom stereocenters. The van der Waals surface area contributed by atoms with Gasteiger partial charge < -0.3 is 9.47 Å². The lowest BCUT2D eigenvalue weighted by molar-refractivity contribution is 0.569. The van der Waals surface area contributed by atoms with Crippen LogP contribution in [0.15, 0.2) is 295 Å². The molecule has 2 nitrogen and oxygen atoms in total. The minimum atomic E-state index is -0.574. The molecule has 13 aromatic carbocycles. The van der Waals surface area contributed by atoms with Gasteiger partial charge in [-0.3, -0.25) is 0 Å². The summed E-state index contributed by atoms with van der Waals surface area (Å²) >= 11 is 1.98. The lowest BCUT2D eigenvalue weighted by Crippen LogP contribution is -2.60. The maximum absolute atomic E-state index is 2.74. The van der Waals surface area contributed by atoms with E-state index in [9.17, 15) is 0 Å². The van der Waals surface area contributed by atoms with Crippen LogP contribution in [0.1, 0.15) is 128 Å². The molecule has 14 aromatic rings. The molecule has 99 heavy (non-hydrogen) atoms. The number of hydrogen-bond acceptors (Lipinski definition) is 2.